The maximum atomic E-state index is 12.8. The highest BCUT2D eigenvalue weighted by Crippen LogP contribution is 2.33. The van der Waals surface area contributed by atoms with E-state index in [1.807, 2.05) is 11.4 Å². The number of carbonyl (C=O) groups excluding carboxylic acids is 1. The van der Waals surface area contributed by atoms with E-state index in [1.165, 1.54) is 30.4 Å². The lowest BCUT2D eigenvalue weighted by Crippen LogP contribution is -2.15. The third kappa shape index (κ3) is 3.60. The Morgan fingerprint density at radius 2 is 2.05 bits per heavy atom. The van der Waals surface area contributed by atoms with E-state index in [0.29, 0.717) is 0 Å². The van der Waals surface area contributed by atoms with Gasteiger partial charge < -0.3 is 5.32 Å². The fourth-order valence-corrected chi connectivity index (χ4v) is 2.49. The standard InChI is InChI=1S/C14H12F3NOS/c1-9-4-5-10(7-12(9)14(15,16)17)18-13(19)8-11-3-2-6-20-11/h2-7H,8H2,1H3,(H,18,19). The molecule has 0 saturated heterocycles. The molecule has 1 aromatic carbocycles. The zero-order valence-electron chi connectivity index (χ0n) is 10.6. The number of hydrogen-bond acceptors (Lipinski definition) is 2. The zero-order chi connectivity index (χ0) is 14.8. The number of rotatable bonds is 3. The Balaban J connectivity index is 2.12. The second-order valence-electron chi connectivity index (χ2n) is 4.33. The summed E-state index contributed by atoms with van der Waals surface area (Å²) < 4.78 is 38.3. The molecule has 0 fully saturated rings. The highest BCUT2D eigenvalue weighted by molar-refractivity contribution is 7.10. The van der Waals surface area contributed by atoms with Crippen LogP contribution in [0.4, 0.5) is 18.9 Å². The summed E-state index contributed by atoms with van der Waals surface area (Å²) in [5.41, 5.74) is -0.440. The minimum atomic E-state index is -4.42. The summed E-state index contributed by atoms with van der Waals surface area (Å²) in [7, 11) is 0. The van der Waals surface area contributed by atoms with Crippen LogP contribution in [0.5, 0.6) is 0 Å². The Bertz CT molecular complexity index is 605. The number of amides is 1. The molecular formula is C14H12F3NOS. The van der Waals surface area contributed by atoms with Crippen LogP contribution in [0.3, 0.4) is 0 Å². The summed E-state index contributed by atoms with van der Waals surface area (Å²) in [5, 5.41) is 4.33. The smallest absolute Gasteiger partial charge is 0.326 e. The molecule has 2 aromatic rings. The summed E-state index contributed by atoms with van der Waals surface area (Å²) in [4.78, 5) is 12.6. The van der Waals surface area contributed by atoms with Gasteiger partial charge in [0.05, 0.1) is 12.0 Å². The van der Waals surface area contributed by atoms with Gasteiger partial charge in [-0.3, -0.25) is 4.79 Å². The molecule has 0 atom stereocenters. The maximum absolute atomic E-state index is 12.8. The second-order valence-corrected chi connectivity index (χ2v) is 5.36. The first kappa shape index (κ1) is 14.6. The third-order valence-electron chi connectivity index (χ3n) is 2.74. The van der Waals surface area contributed by atoms with Crippen LogP contribution >= 0.6 is 11.3 Å². The SMILES string of the molecule is Cc1ccc(NC(=O)Cc2cccs2)cc1C(F)(F)F. The van der Waals surface area contributed by atoms with Gasteiger partial charge >= 0.3 is 6.18 Å². The Labute approximate surface area is 118 Å². The second kappa shape index (κ2) is 5.66. The number of thiophene rings is 1. The first-order valence-corrected chi connectivity index (χ1v) is 6.74. The normalized spacial score (nSPS) is 11.4. The van der Waals surface area contributed by atoms with Crippen LogP contribution in [0.1, 0.15) is 16.0 Å². The third-order valence-corrected chi connectivity index (χ3v) is 3.62. The van der Waals surface area contributed by atoms with Crippen molar-refractivity contribution in [2.24, 2.45) is 0 Å². The Morgan fingerprint density at radius 3 is 2.65 bits per heavy atom. The largest absolute Gasteiger partial charge is 0.416 e. The summed E-state index contributed by atoms with van der Waals surface area (Å²) in [5.74, 6) is -0.329. The monoisotopic (exact) mass is 299 g/mol. The van der Waals surface area contributed by atoms with E-state index in [2.05, 4.69) is 5.32 Å². The van der Waals surface area contributed by atoms with E-state index in [-0.39, 0.29) is 23.6 Å². The molecule has 2 nitrogen and oxygen atoms in total. The molecule has 1 amide bonds. The molecule has 0 bridgehead atoms. The van der Waals surface area contributed by atoms with Crippen molar-refractivity contribution in [2.75, 3.05) is 5.32 Å². The molecule has 1 heterocycles. The van der Waals surface area contributed by atoms with Gasteiger partial charge in [-0.2, -0.15) is 13.2 Å². The lowest BCUT2D eigenvalue weighted by Gasteiger charge is -2.12. The van der Waals surface area contributed by atoms with Crippen molar-refractivity contribution in [3.05, 3.63) is 51.7 Å². The number of hydrogen-bond donors (Lipinski definition) is 1. The van der Waals surface area contributed by atoms with Gasteiger partial charge in [-0.25, -0.2) is 0 Å². The number of nitrogens with one attached hydrogen (secondary N) is 1. The highest BCUT2D eigenvalue weighted by atomic mass is 32.1. The molecule has 106 valence electrons. The number of halogens is 3. The van der Waals surface area contributed by atoms with Crippen molar-refractivity contribution in [3.63, 3.8) is 0 Å². The van der Waals surface area contributed by atoms with E-state index in [9.17, 15) is 18.0 Å². The van der Waals surface area contributed by atoms with Crippen LogP contribution in [0, 0.1) is 6.92 Å². The predicted octanol–water partition coefficient (Wildman–Crippen LogP) is 4.26. The van der Waals surface area contributed by atoms with Crippen molar-refractivity contribution in [3.8, 4) is 0 Å². The fraction of sp³-hybridized carbons (Fsp3) is 0.214. The average molecular weight is 299 g/mol. The van der Waals surface area contributed by atoms with Crippen LogP contribution in [0.2, 0.25) is 0 Å². The molecule has 0 aliphatic carbocycles. The van der Waals surface area contributed by atoms with Crippen LogP contribution < -0.4 is 5.32 Å². The van der Waals surface area contributed by atoms with E-state index >= 15 is 0 Å². The summed E-state index contributed by atoms with van der Waals surface area (Å²) in [6.45, 7) is 1.39. The van der Waals surface area contributed by atoms with E-state index < -0.39 is 11.7 Å². The minimum absolute atomic E-state index is 0.133. The molecule has 0 spiro atoms. The Morgan fingerprint density at radius 1 is 1.30 bits per heavy atom. The average Bonchev–Trinajstić information content (AvgIpc) is 2.83. The molecule has 1 N–H and O–H groups in total. The van der Waals surface area contributed by atoms with Crippen molar-refractivity contribution in [1.29, 1.82) is 0 Å². The first-order chi connectivity index (χ1) is 9.36. The molecule has 0 aliphatic rings. The summed E-state index contributed by atoms with van der Waals surface area (Å²) in [6.07, 6.45) is -4.26. The number of alkyl halides is 3. The number of aryl methyl sites for hydroxylation is 1. The van der Waals surface area contributed by atoms with Crippen LogP contribution in [-0.2, 0) is 17.4 Å². The summed E-state index contributed by atoms with van der Waals surface area (Å²) >= 11 is 1.43. The van der Waals surface area contributed by atoms with Gasteiger partial charge in [0.15, 0.2) is 0 Å². The fourth-order valence-electron chi connectivity index (χ4n) is 1.78. The van der Waals surface area contributed by atoms with Crippen molar-refractivity contribution in [1.82, 2.24) is 0 Å². The maximum Gasteiger partial charge on any atom is 0.416 e. The van der Waals surface area contributed by atoms with Gasteiger partial charge in [-0.1, -0.05) is 12.1 Å². The molecule has 0 aliphatic heterocycles. The lowest BCUT2D eigenvalue weighted by atomic mass is 10.1. The molecule has 0 saturated carbocycles. The van der Waals surface area contributed by atoms with Gasteiger partial charge in [0.25, 0.3) is 0 Å². The minimum Gasteiger partial charge on any atom is -0.326 e. The number of carbonyl (C=O) groups is 1. The quantitative estimate of drug-likeness (QED) is 0.901. The topological polar surface area (TPSA) is 29.1 Å². The molecule has 2 rings (SSSR count). The van der Waals surface area contributed by atoms with Gasteiger partial charge in [-0.05, 0) is 36.1 Å². The molecule has 0 unspecified atom stereocenters. The van der Waals surface area contributed by atoms with Gasteiger partial charge in [-0.15, -0.1) is 11.3 Å². The van der Waals surface area contributed by atoms with Gasteiger partial charge in [0.2, 0.25) is 5.91 Å². The van der Waals surface area contributed by atoms with Crippen molar-refractivity contribution < 1.29 is 18.0 Å². The van der Waals surface area contributed by atoms with E-state index in [1.54, 1.807) is 6.07 Å². The van der Waals surface area contributed by atoms with Crippen LogP contribution in [0.25, 0.3) is 0 Å². The Kier molecular flexibility index (Phi) is 4.13. The molecule has 6 heteroatoms. The van der Waals surface area contributed by atoms with Crippen molar-refractivity contribution >= 4 is 22.9 Å². The van der Waals surface area contributed by atoms with Crippen LogP contribution in [0.15, 0.2) is 35.7 Å². The molecule has 0 radical (unpaired) electrons. The van der Waals surface area contributed by atoms with Crippen LogP contribution in [-0.4, -0.2) is 5.91 Å². The van der Waals surface area contributed by atoms with Gasteiger partial charge in [0, 0.05) is 10.6 Å². The molecule has 20 heavy (non-hydrogen) atoms. The van der Waals surface area contributed by atoms with E-state index in [0.717, 1.165) is 10.9 Å². The number of anilines is 1. The highest BCUT2D eigenvalue weighted by Gasteiger charge is 2.32. The molecule has 1 aromatic heterocycles. The van der Waals surface area contributed by atoms with Crippen molar-refractivity contribution in [2.45, 2.75) is 19.5 Å². The lowest BCUT2D eigenvalue weighted by molar-refractivity contribution is -0.138. The Hall–Kier alpha value is -1.82. The summed E-state index contributed by atoms with van der Waals surface area (Å²) in [6, 6.07) is 7.41. The van der Waals surface area contributed by atoms with E-state index in [4.69, 9.17) is 0 Å². The predicted molar refractivity (Wildman–Crippen MR) is 72.8 cm³/mol. The first-order valence-electron chi connectivity index (χ1n) is 5.86. The molecular weight excluding hydrogens is 287 g/mol. The number of benzene rings is 1. The van der Waals surface area contributed by atoms with Gasteiger partial charge in [0.1, 0.15) is 0 Å². The zero-order valence-corrected chi connectivity index (χ0v) is 11.4.